The Morgan fingerprint density at radius 1 is 1.61 bits per heavy atom. The Kier molecular flexibility index (Phi) is 4.09. The van der Waals surface area contributed by atoms with Crippen LogP contribution >= 0.6 is 11.3 Å². The minimum Gasteiger partial charge on any atom is -0.386 e. The van der Waals surface area contributed by atoms with Crippen molar-refractivity contribution in [3.63, 3.8) is 0 Å². The minimum atomic E-state index is -0.615. The summed E-state index contributed by atoms with van der Waals surface area (Å²) in [7, 11) is 0. The molecular formula is C15H21NOS. The highest BCUT2D eigenvalue weighted by molar-refractivity contribution is 7.12. The van der Waals surface area contributed by atoms with Crippen molar-refractivity contribution in [3.8, 4) is 6.07 Å². The first-order valence-corrected chi connectivity index (χ1v) is 7.61. The summed E-state index contributed by atoms with van der Waals surface area (Å²) in [5, 5.41) is 20.2. The predicted octanol–water partition coefficient (Wildman–Crippen LogP) is 4.06. The molecule has 2 nitrogen and oxygen atoms in total. The molecule has 1 N–H and O–H groups in total. The Morgan fingerprint density at radius 2 is 2.39 bits per heavy atom. The maximum Gasteiger partial charge on any atom is 0.107 e. The molecule has 0 saturated heterocycles. The number of rotatable bonds is 3. The van der Waals surface area contributed by atoms with Gasteiger partial charge in [-0.1, -0.05) is 26.7 Å². The van der Waals surface area contributed by atoms with Gasteiger partial charge in [0, 0.05) is 9.75 Å². The summed E-state index contributed by atoms with van der Waals surface area (Å²) >= 11 is 1.65. The van der Waals surface area contributed by atoms with Gasteiger partial charge in [0.2, 0.25) is 0 Å². The number of hydrogen-bond donors (Lipinski definition) is 1. The van der Waals surface area contributed by atoms with E-state index in [1.54, 1.807) is 11.3 Å². The van der Waals surface area contributed by atoms with Crippen LogP contribution in [-0.4, -0.2) is 5.11 Å². The lowest BCUT2D eigenvalue weighted by Crippen LogP contribution is -2.32. The van der Waals surface area contributed by atoms with Crippen LogP contribution in [0.4, 0.5) is 0 Å². The third-order valence-electron chi connectivity index (χ3n) is 4.08. The molecular weight excluding hydrogens is 242 g/mol. The zero-order chi connectivity index (χ0) is 13.2. The molecule has 0 amide bonds. The summed E-state index contributed by atoms with van der Waals surface area (Å²) in [5.41, 5.74) is -0.562. The van der Waals surface area contributed by atoms with Crippen LogP contribution in [0, 0.1) is 22.7 Å². The van der Waals surface area contributed by atoms with E-state index in [4.69, 9.17) is 0 Å². The van der Waals surface area contributed by atoms with Crippen LogP contribution in [0.5, 0.6) is 0 Å². The second-order valence-corrected chi connectivity index (χ2v) is 6.73. The van der Waals surface area contributed by atoms with Gasteiger partial charge in [-0.3, -0.25) is 0 Å². The van der Waals surface area contributed by atoms with E-state index >= 15 is 0 Å². The van der Waals surface area contributed by atoms with E-state index in [0.29, 0.717) is 5.92 Å². The van der Waals surface area contributed by atoms with Gasteiger partial charge in [0.15, 0.2) is 0 Å². The molecule has 1 aromatic rings. The van der Waals surface area contributed by atoms with E-state index in [0.717, 1.165) is 30.6 Å². The maximum atomic E-state index is 10.6. The highest BCUT2D eigenvalue weighted by atomic mass is 32.1. The summed E-state index contributed by atoms with van der Waals surface area (Å²) in [6.45, 7) is 4.30. The molecule has 0 aliphatic heterocycles. The number of nitriles is 1. The lowest BCUT2D eigenvalue weighted by molar-refractivity contribution is 0.0244. The van der Waals surface area contributed by atoms with E-state index in [2.05, 4.69) is 26.0 Å². The average molecular weight is 263 g/mol. The van der Waals surface area contributed by atoms with Crippen LogP contribution in [0.1, 0.15) is 55.4 Å². The van der Waals surface area contributed by atoms with Crippen LogP contribution in [0.3, 0.4) is 0 Å². The maximum absolute atomic E-state index is 10.6. The molecule has 0 aromatic carbocycles. The summed E-state index contributed by atoms with van der Waals surface area (Å²) in [6.07, 6.45) is 4.26. The fourth-order valence-corrected chi connectivity index (χ4v) is 4.06. The smallest absolute Gasteiger partial charge is 0.107 e. The molecule has 1 aliphatic carbocycles. The standard InChI is InChI=1S/C15H21NOS/c1-3-12-6-7-13(18-12)14(17)15(10-16)8-4-5-11(2)9-15/h6-7,11,14,17H,3-5,8-9H2,1-2H3. The number of thiophene rings is 1. The highest BCUT2D eigenvalue weighted by Crippen LogP contribution is 2.48. The Bertz CT molecular complexity index is 448. The van der Waals surface area contributed by atoms with Crippen molar-refractivity contribution in [2.24, 2.45) is 11.3 Å². The fraction of sp³-hybridized carbons (Fsp3) is 0.667. The van der Waals surface area contributed by atoms with Crippen molar-refractivity contribution in [2.45, 2.75) is 52.1 Å². The lowest BCUT2D eigenvalue weighted by Gasteiger charge is -2.37. The molecule has 2 rings (SSSR count). The molecule has 98 valence electrons. The van der Waals surface area contributed by atoms with Gasteiger partial charge < -0.3 is 5.11 Å². The summed E-state index contributed by atoms with van der Waals surface area (Å²) in [4.78, 5) is 2.24. The van der Waals surface area contributed by atoms with Gasteiger partial charge in [-0.25, -0.2) is 0 Å². The fourth-order valence-electron chi connectivity index (χ4n) is 3.01. The van der Waals surface area contributed by atoms with E-state index in [1.807, 2.05) is 6.07 Å². The summed E-state index contributed by atoms with van der Waals surface area (Å²) in [6, 6.07) is 6.49. The van der Waals surface area contributed by atoms with Crippen LogP contribution < -0.4 is 0 Å². The molecule has 1 fully saturated rings. The molecule has 1 aromatic heterocycles. The average Bonchev–Trinajstić information content (AvgIpc) is 2.86. The number of hydrogen-bond acceptors (Lipinski definition) is 3. The Labute approximate surface area is 113 Å². The Morgan fingerprint density at radius 3 is 2.94 bits per heavy atom. The van der Waals surface area contributed by atoms with Crippen LogP contribution in [0.15, 0.2) is 12.1 Å². The molecule has 1 heterocycles. The van der Waals surface area contributed by atoms with Crippen LogP contribution in [0.25, 0.3) is 0 Å². The van der Waals surface area contributed by atoms with Crippen molar-refractivity contribution in [1.82, 2.24) is 0 Å². The summed E-state index contributed by atoms with van der Waals surface area (Å²) < 4.78 is 0. The quantitative estimate of drug-likeness (QED) is 0.893. The van der Waals surface area contributed by atoms with Crippen molar-refractivity contribution < 1.29 is 5.11 Å². The number of aliphatic hydroxyl groups excluding tert-OH is 1. The van der Waals surface area contributed by atoms with E-state index in [-0.39, 0.29) is 0 Å². The van der Waals surface area contributed by atoms with Crippen molar-refractivity contribution in [3.05, 3.63) is 21.9 Å². The topological polar surface area (TPSA) is 44.0 Å². The molecule has 1 saturated carbocycles. The van der Waals surface area contributed by atoms with Crippen molar-refractivity contribution in [1.29, 1.82) is 5.26 Å². The molecule has 18 heavy (non-hydrogen) atoms. The van der Waals surface area contributed by atoms with Gasteiger partial charge in [-0.2, -0.15) is 5.26 Å². The zero-order valence-electron chi connectivity index (χ0n) is 11.1. The normalized spacial score (nSPS) is 29.8. The van der Waals surface area contributed by atoms with Gasteiger partial charge in [0.05, 0.1) is 11.5 Å². The SMILES string of the molecule is CCc1ccc(C(O)C2(C#N)CCCC(C)C2)s1. The molecule has 0 radical (unpaired) electrons. The number of nitrogens with zero attached hydrogens (tertiary/aromatic N) is 1. The largest absolute Gasteiger partial charge is 0.386 e. The molecule has 0 spiro atoms. The minimum absolute atomic E-state index is 0.540. The van der Waals surface area contributed by atoms with Crippen molar-refractivity contribution >= 4 is 11.3 Å². The molecule has 0 bridgehead atoms. The Balaban J connectivity index is 2.24. The van der Waals surface area contributed by atoms with E-state index in [9.17, 15) is 10.4 Å². The van der Waals surface area contributed by atoms with Gasteiger partial charge in [0.1, 0.15) is 6.10 Å². The van der Waals surface area contributed by atoms with Gasteiger partial charge in [0.25, 0.3) is 0 Å². The Hall–Kier alpha value is -0.850. The number of aliphatic hydroxyl groups is 1. The summed E-state index contributed by atoms with van der Waals surface area (Å²) in [5.74, 6) is 0.540. The molecule has 3 atom stereocenters. The first-order valence-electron chi connectivity index (χ1n) is 6.79. The molecule has 3 unspecified atom stereocenters. The van der Waals surface area contributed by atoms with Gasteiger partial charge >= 0.3 is 0 Å². The highest BCUT2D eigenvalue weighted by Gasteiger charge is 2.42. The second-order valence-electron chi connectivity index (χ2n) is 5.53. The zero-order valence-corrected chi connectivity index (χ0v) is 12.0. The molecule has 3 heteroatoms. The van der Waals surface area contributed by atoms with Crippen LogP contribution in [0.2, 0.25) is 0 Å². The van der Waals surface area contributed by atoms with Gasteiger partial charge in [-0.15, -0.1) is 11.3 Å². The third kappa shape index (κ3) is 2.46. The number of aryl methyl sites for hydroxylation is 1. The predicted molar refractivity (Wildman–Crippen MR) is 74.3 cm³/mol. The monoisotopic (exact) mass is 263 g/mol. The van der Waals surface area contributed by atoms with Crippen molar-refractivity contribution in [2.75, 3.05) is 0 Å². The second kappa shape index (κ2) is 5.42. The third-order valence-corrected chi connectivity index (χ3v) is 5.36. The first-order chi connectivity index (χ1) is 8.61. The molecule has 1 aliphatic rings. The lowest BCUT2D eigenvalue weighted by atomic mass is 9.67. The van der Waals surface area contributed by atoms with E-state index in [1.165, 1.54) is 11.3 Å². The van der Waals surface area contributed by atoms with Gasteiger partial charge in [-0.05, 0) is 37.3 Å². The van der Waals surface area contributed by atoms with E-state index < -0.39 is 11.5 Å². The first kappa shape index (κ1) is 13.6. The van der Waals surface area contributed by atoms with Crippen LogP contribution in [-0.2, 0) is 6.42 Å².